The van der Waals surface area contributed by atoms with E-state index in [2.05, 4.69) is 33.4 Å². The van der Waals surface area contributed by atoms with Crippen molar-refractivity contribution in [1.29, 1.82) is 0 Å². The molecule has 0 N–H and O–H groups in total. The third kappa shape index (κ3) is 5.29. The first-order chi connectivity index (χ1) is 5.88. The maximum absolute atomic E-state index is 3.81. The van der Waals surface area contributed by atoms with E-state index in [-0.39, 0.29) is 5.41 Å². The molecule has 0 atom stereocenters. The van der Waals surface area contributed by atoms with Crippen molar-refractivity contribution in [3.05, 3.63) is 36.6 Å². The Hall–Kier alpha value is -0.980. The van der Waals surface area contributed by atoms with Crippen LogP contribution in [0.4, 0.5) is 0 Å². The highest BCUT2D eigenvalue weighted by atomic mass is 15.0. The Kier molecular flexibility index (Phi) is 4.53. The van der Waals surface area contributed by atoms with Crippen molar-refractivity contribution in [2.24, 2.45) is 5.41 Å². The fourth-order valence-corrected chi connectivity index (χ4v) is 0.943. The minimum atomic E-state index is 0.179. The summed E-state index contributed by atoms with van der Waals surface area (Å²) >= 11 is 0. The van der Waals surface area contributed by atoms with Gasteiger partial charge in [-0.3, -0.25) is 0 Å². The topological polar surface area (TPSA) is 3.24 Å². The van der Waals surface area contributed by atoms with Crippen LogP contribution >= 0.6 is 0 Å². The summed E-state index contributed by atoms with van der Waals surface area (Å²) in [5, 5.41) is 0. The molecule has 0 bridgehead atoms. The van der Waals surface area contributed by atoms with Crippen molar-refractivity contribution >= 4 is 0 Å². The van der Waals surface area contributed by atoms with Gasteiger partial charge in [-0.25, -0.2) is 0 Å². The highest BCUT2D eigenvalue weighted by Crippen LogP contribution is 2.25. The Morgan fingerprint density at radius 2 is 1.77 bits per heavy atom. The lowest BCUT2D eigenvalue weighted by molar-refractivity contribution is 0.517. The van der Waals surface area contributed by atoms with Crippen LogP contribution < -0.4 is 0 Å². The van der Waals surface area contributed by atoms with Crippen LogP contribution in [0.1, 0.15) is 20.8 Å². The number of nitrogens with zero attached hydrogens (tertiary/aromatic N) is 1. The van der Waals surface area contributed by atoms with Crippen LogP contribution in [0.3, 0.4) is 0 Å². The quantitative estimate of drug-likeness (QED) is 0.601. The molecule has 0 aromatic heterocycles. The van der Waals surface area contributed by atoms with Crippen molar-refractivity contribution in [2.45, 2.75) is 20.8 Å². The highest BCUT2D eigenvalue weighted by Gasteiger charge is 2.12. The number of allylic oxidation sites excluding steroid dienone is 4. The van der Waals surface area contributed by atoms with Crippen molar-refractivity contribution in [2.75, 3.05) is 14.1 Å². The Balaban J connectivity index is 4.51. The molecule has 0 saturated heterocycles. The molecular formula is C12H21N. The maximum Gasteiger partial charge on any atom is 0.00556 e. The molecular weight excluding hydrogens is 158 g/mol. The summed E-state index contributed by atoms with van der Waals surface area (Å²) in [6, 6.07) is 0. The lowest BCUT2D eigenvalue weighted by Crippen LogP contribution is -2.07. The molecule has 0 aromatic rings. The van der Waals surface area contributed by atoms with Crippen molar-refractivity contribution in [1.82, 2.24) is 4.90 Å². The van der Waals surface area contributed by atoms with Gasteiger partial charge in [0.05, 0.1) is 0 Å². The normalized spacial score (nSPS) is 13.5. The second-order valence-electron chi connectivity index (χ2n) is 4.38. The average molecular weight is 179 g/mol. The van der Waals surface area contributed by atoms with E-state index < -0.39 is 0 Å². The zero-order valence-corrected chi connectivity index (χ0v) is 9.46. The van der Waals surface area contributed by atoms with Gasteiger partial charge in [0.15, 0.2) is 0 Å². The first-order valence-electron chi connectivity index (χ1n) is 4.55. The molecule has 1 heteroatoms. The summed E-state index contributed by atoms with van der Waals surface area (Å²) in [6.45, 7) is 10.4. The van der Waals surface area contributed by atoms with Crippen LogP contribution in [-0.4, -0.2) is 19.0 Å². The zero-order chi connectivity index (χ0) is 10.5. The third-order valence-electron chi connectivity index (χ3n) is 1.75. The first-order valence-corrected chi connectivity index (χ1v) is 4.55. The van der Waals surface area contributed by atoms with Crippen LogP contribution in [0.5, 0.6) is 0 Å². The van der Waals surface area contributed by atoms with Crippen LogP contribution in [0.25, 0.3) is 0 Å². The van der Waals surface area contributed by atoms with Crippen molar-refractivity contribution in [3.63, 3.8) is 0 Å². The zero-order valence-electron chi connectivity index (χ0n) is 9.46. The summed E-state index contributed by atoms with van der Waals surface area (Å²) in [7, 11) is 4.02. The Bertz CT molecular complexity index is 214. The lowest BCUT2D eigenvalue weighted by Gasteiger charge is -2.19. The monoisotopic (exact) mass is 179 g/mol. The predicted molar refractivity (Wildman–Crippen MR) is 60.6 cm³/mol. The Morgan fingerprint density at radius 1 is 1.23 bits per heavy atom. The molecule has 0 amide bonds. The largest absolute Gasteiger partial charge is 0.383 e. The van der Waals surface area contributed by atoms with E-state index in [0.717, 1.165) is 0 Å². The molecule has 0 saturated carbocycles. The van der Waals surface area contributed by atoms with Gasteiger partial charge in [-0.05, 0) is 23.3 Å². The van der Waals surface area contributed by atoms with Crippen LogP contribution in [-0.2, 0) is 0 Å². The number of rotatable bonds is 3. The van der Waals surface area contributed by atoms with Gasteiger partial charge >= 0.3 is 0 Å². The standard InChI is InChI=1S/C12H21N/c1-7-11(12(2,3)4)9-8-10-13(5)6/h7-10H,1H2,2-6H3/b10-8-,11-9+. The molecule has 0 fully saturated rings. The van der Waals surface area contributed by atoms with E-state index in [1.807, 2.05) is 37.3 Å². The molecule has 13 heavy (non-hydrogen) atoms. The molecule has 0 radical (unpaired) electrons. The lowest BCUT2D eigenvalue weighted by atomic mass is 9.86. The van der Waals surface area contributed by atoms with Gasteiger partial charge in [-0.1, -0.05) is 39.5 Å². The molecule has 0 unspecified atom stereocenters. The molecule has 74 valence electrons. The fraction of sp³-hybridized carbons (Fsp3) is 0.500. The third-order valence-corrected chi connectivity index (χ3v) is 1.75. The highest BCUT2D eigenvalue weighted by molar-refractivity contribution is 5.27. The predicted octanol–water partition coefficient (Wildman–Crippen LogP) is 3.22. The Morgan fingerprint density at radius 3 is 2.08 bits per heavy atom. The van der Waals surface area contributed by atoms with Crippen LogP contribution in [0.2, 0.25) is 0 Å². The van der Waals surface area contributed by atoms with Gasteiger partial charge in [0, 0.05) is 14.1 Å². The minimum absolute atomic E-state index is 0.179. The van der Waals surface area contributed by atoms with Gasteiger partial charge in [-0.15, -0.1) is 0 Å². The van der Waals surface area contributed by atoms with Crippen LogP contribution in [0, 0.1) is 5.41 Å². The number of hydrogen-bond donors (Lipinski definition) is 0. The minimum Gasteiger partial charge on any atom is -0.383 e. The van der Waals surface area contributed by atoms with Gasteiger partial charge in [0.2, 0.25) is 0 Å². The average Bonchev–Trinajstić information content (AvgIpc) is 1.95. The van der Waals surface area contributed by atoms with Gasteiger partial charge in [-0.2, -0.15) is 0 Å². The van der Waals surface area contributed by atoms with E-state index in [9.17, 15) is 0 Å². The molecule has 0 rings (SSSR count). The molecule has 0 spiro atoms. The molecule has 0 aliphatic heterocycles. The maximum atomic E-state index is 3.81. The van der Waals surface area contributed by atoms with Gasteiger partial charge < -0.3 is 4.90 Å². The van der Waals surface area contributed by atoms with E-state index in [1.165, 1.54) is 5.57 Å². The summed E-state index contributed by atoms with van der Waals surface area (Å²) in [5.74, 6) is 0. The van der Waals surface area contributed by atoms with E-state index in [0.29, 0.717) is 0 Å². The molecule has 0 heterocycles. The van der Waals surface area contributed by atoms with E-state index in [1.54, 1.807) is 0 Å². The Labute approximate surface area is 82.4 Å². The molecule has 0 aliphatic carbocycles. The van der Waals surface area contributed by atoms with Crippen molar-refractivity contribution < 1.29 is 0 Å². The molecule has 0 aromatic carbocycles. The second-order valence-corrected chi connectivity index (χ2v) is 4.38. The molecule has 0 aliphatic rings. The van der Waals surface area contributed by atoms with Gasteiger partial charge in [0.1, 0.15) is 0 Å². The van der Waals surface area contributed by atoms with Crippen molar-refractivity contribution in [3.8, 4) is 0 Å². The second kappa shape index (κ2) is 4.90. The number of hydrogen-bond acceptors (Lipinski definition) is 1. The van der Waals surface area contributed by atoms with E-state index >= 15 is 0 Å². The molecule has 1 nitrogen and oxygen atoms in total. The first kappa shape index (κ1) is 12.0. The SMILES string of the molecule is C=C/C(=C\C=C/N(C)C)C(C)(C)C. The summed E-state index contributed by atoms with van der Waals surface area (Å²) in [4.78, 5) is 2.01. The summed E-state index contributed by atoms with van der Waals surface area (Å²) in [6.07, 6.45) is 8.09. The van der Waals surface area contributed by atoms with Gasteiger partial charge in [0.25, 0.3) is 0 Å². The van der Waals surface area contributed by atoms with E-state index in [4.69, 9.17) is 0 Å². The smallest absolute Gasteiger partial charge is 0.00556 e. The van der Waals surface area contributed by atoms with Crippen LogP contribution in [0.15, 0.2) is 36.6 Å². The summed E-state index contributed by atoms with van der Waals surface area (Å²) < 4.78 is 0. The summed E-state index contributed by atoms with van der Waals surface area (Å²) in [5.41, 5.74) is 1.43. The fourth-order valence-electron chi connectivity index (χ4n) is 0.943.